The maximum atomic E-state index is 13.1. The number of hydrogen-bond donors (Lipinski definition) is 0. The maximum Gasteiger partial charge on any atom is 0.305 e. The largest absolute Gasteiger partial charge is 0.432 e. The topological polar surface area (TPSA) is 102 Å². The van der Waals surface area contributed by atoms with Gasteiger partial charge in [-0.1, -0.05) is 0 Å². The maximum absolute atomic E-state index is 13.1. The van der Waals surface area contributed by atoms with E-state index in [2.05, 4.69) is 0 Å². The van der Waals surface area contributed by atoms with Crippen LogP contribution in [0.2, 0.25) is 19.6 Å². The van der Waals surface area contributed by atoms with Crippen LogP contribution in [0, 0.1) is 0 Å². The molecule has 2 aliphatic heterocycles. The van der Waals surface area contributed by atoms with E-state index < -0.39 is 50.1 Å². The number of likely N-dealkylation sites (N-methyl/N-ethyl adjacent to an activating group) is 1. The van der Waals surface area contributed by atoms with Gasteiger partial charge in [-0.2, -0.15) is 0 Å². The van der Waals surface area contributed by atoms with Gasteiger partial charge in [0.15, 0.2) is 8.32 Å². The molecule has 2 heterocycles. The zero-order valence-electron chi connectivity index (χ0n) is 15.3. The van der Waals surface area contributed by atoms with Crippen LogP contribution in [-0.4, -0.2) is 73.5 Å². The molecule has 0 bridgehead atoms. The van der Waals surface area contributed by atoms with Gasteiger partial charge >= 0.3 is 11.9 Å². The summed E-state index contributed by atoms with van der Waals surface area (Å²) in [5, 5.41) is 0. The van der Waals surface area contributed by atoms with Crippen molar-refractivity contribution >= 4 is 32.1 Å². The van der Waals surface area contributed by atoms with Crippen LogP contribution >= 0.6 is 0 Å². The highest BCUT2D eigenvalue weighted by molar-refractivity contribution is 6.69. The van der Waals surface area contributed by atoms with Crippen LogP contribution < -0.4 is 0 Å². The van der Waals surface area contributed by atoms with Gasteiger partial charge in [-0.05, 0) is 26.1 Å². The van der Waals surface area contributed by atoms with E-state index in [0.717, 1.165) is 16.7 Å². The van der Waals surface area contributed by atoms with Gasteiger partial charge in [0.05, 0.1) is 0 Å². The molecule has 2 rings (SSSR count). The monoisotopic (exact) mass is 372 g/mol. The minimum Gasteiger partial charge on any atom is -0.432 e. The number of hydrogen-bond acceptors (Lipinski definition) is 7. The van der Waals surface area contributed by atoms with Crippen molar-refractivity contribution in [2.24, 2.45) is 0 Å². The van der Waals surface area contributed by atoms with Crippen LogP contribution in [0.15, 0.2) is 0 Å². The summed E-state index contributed by atoms with van der Waals surface area (Å²) in [5.74, 6) is -2.64. The van der Waals surface area contributed by atoms with Gasteiger partial charge in [0, 0.05) is 27.4 Å². The van der Waals surface area contributed by atoms with Crippen LogP contribution in [-0.2, 0) is 33.1 Å². The molecule has 0 spiro atoms. The number of fused-ring (bicyclic) bond motifs is 1. The summed E-state index contributed by atoms with van der Waals surface area (Å²) in [5.41, 5.74) is -1.85. The average Bonchev–Trinajstić information content (AvgIpc) is 2.78. The van der Waals surface area contributed by atoms with Crippen LogP contribution in [0.25, 0.3) is 0 Å². The fourth-order valence-corrected chi connectivity index (χ4v) is 4.33. The molecule has 0 aliphatic carbocycles. The molecule has 10 heteroatoms. The Kier molecular flexibility index (Phi) is 4.97. The smallest absolute Gasteiger partial charge is 0.305 e. The molecule has 0 radical (unpaired) electrons. The molecule has 0 unspecified atom stereocenters. The quantitative estimate of drug-likeness (QED) is 0.508. The minimum atomic E-state index is -2.10. The van der Waals surface area contributed by atoms with Crippen LogP contribution in [0.1, 0.15) is 20.3 Å². The highest BCUT2D eigenvalue weighted by Crippen LogP contribution is 2.40. The van der Waals surface area contributed by atoms with E-state index >= 15 is 0 Å². The Morgan fingerprint density at radius 1 is 1.16 bits per heavy atom. The molecule has 2 amide bonds. The summed E-state index contributed by atoms with van der Waals surface area (Å²) >= 11 is 0. The third-order valence-corrected chi connectivity index (χ3v) is 4.97. The lowest BCUT2D eigenvalue weighted by Crippen LogP contribution is -2.74. The van der Waals surface area contributed by atoms with Gasteiger partial charge in [-0.15, -0.1) is 0 Å². The number of carbonyl (C=O) groups is 4. The summed E-state index contributed by atoms with van der Waals surface area (Å²) in [6.07, 6.45) is -1.80. The summed E-state index contributed by atoms with van der Waals surface area (Å²) in [4.78, 5) is 51.1. The minimum absolute atomic E-state index is 0.165. The van der Waals surface area contributed by atoms with Crippen molar-refractivity contribution in [1.29, 1.82) is 0 Å². The van der Waals surface area contributed by atoms with Crippen molar-refractivity contribution in [3.05, 3.63) is 0 Å². The number of amides is 2. The van der Waals surface area contributed by atoms with Gasteiger partial charge in [-0.25, -0.2) is 0 Å². The summed E-state index contributed by atoms with van der Waals surface area (Å²) in [6, 6.07) is 0. The second kappa shape index (κ2) is 6.41. The van der Waals surface area contributed by atoms with E-state index in [1.165, 1.54) is 14.0 Å². The Hall–Kier alpha value is -1.94. The number of rotatable bonds is 4. The van der Waals surface area contributed by atoms with E-state index in [1.54, 1.807) is 0 Å². The third kappa shape index (κ3) is 3.40. The number of ether oxygens (including phenoxy) is 2. The lowest BCUT2D eigenvalue weighted by Gasteiger charge is -2.48. The summed E-state index contributed by atoms with van der Waals surface area (Å²) in [7, 11) is -0.765. The molecular weight excluding hydrogens is 348 g/mol. The van der Waals surface area contributed by atoms with E-state index in [4.69, 9.17) is 13.9 Å². The predicted molar refractivity (Wildman–Crippen MR) is 87.4 cm³/mol. The van der Waals surface area contributed by atoms with Crippen molar-refractivity contribution in [1.82, 2.24) is 9.80 Å². The van der Waals surface area contributed by atoms with Crippen molar-refractivity contribution in [2.75, 3.05) is 13.6 Å². The van der Waals surface area contributed by atoms with Gasteiger partial charge in [0.25, 0.3) is 23.8 Å². The number of piperazine rings is 1. The van der Waals surface area contributed by atoms with E-state index in [9.17, 15) is 19.2 Å². The molecule has 0 N–H and O–H groups in total. The summed E-state index contributed by atoms with van der Waals surface area (Å²) in [6.45, 7) is 8.32. The molecule has 0 aromatic rings. The first kappa shape index (κ1) is 19.4. The lowest BCUT2D eigenvalue weighted by molar-refractivity contribution is -0.229. The first-order chi connectivity index (χ1) is 11.4. The fraction of sp³-hybridized carbons (Fsp3) is 0.733. The SMILES string of the molecule is CC(=O)O[C@@H]1C(=O)N2CC[C@H](O[Si](C)(C)C)[C@]2(OC(C)=O)C(=O)N1C. The molecule has 2 saturated heterocycles. The Balaban J connectivity index is 2.49. The first-order valence-electron chi connectivity index (χ1n) is 8.03. The molecular formula is C15H24N2O7Si. The second-order valence-electron chi connectivity index (χ2n) is 7.17. The molecule has 140 valence electrons. The average molecular weight is 372 g/mol. The van der Waals surface area contributed by atoms with Crippen molar-refractivity contribution < 1.29 is 33.1 Å². The zero-order valence-corrected chi connectivity index (χ0v) is 16.3. The van der Waals surface area contributed by atoms with E-state index in [0.29, 0.717) is 6.42 Å². The second-order valence-corrected chi connectivity index (χ2v) is 11.6. The zero-order chi connectivity index (χ0) is 19.2. The molecule has 2 aliphatic rings. The molecule has 0 aromatic heterocycles. The van der Waals surface area contributed by atoms with E-state index in [-0.39, 0.29) is 6.54 Å². The van der Waals surface area contributed by atoms with Crippen LogP contribution in [0.4, 0.5) is 0 Å². The van der Waals surface area contributed by atoms with Gasteiger partial charge in [0.1, 0.15) is 6.10 Å². The molecule has 25 heavy (non-hydrogen) atoms. The predicted octanol–water partition coefficient (Wildman–Crippen LogP) is 0.0594. The normalized spacial score (nSPS) is 29.5. The lowest BCUT2D eigenvalue weighted by atomic mass is 10.0. The standard InChI is InChI=1S/C15H24N2O7Si/c1-9(18)22-13-12(20)17-8-7-11(24-25(4,5)6)15(17,23-10(2)19)14(21)16(13)3/h11,13H,7-8H2,1-6H3/t11-,13+,15-/m0/s1. The first-order valence-corrected chi connectivity index (χ1v) is 11.4. The molecule has 0 aromatic carbocycles. The van der Waals surface area contributed by atoms with Gasteiger partial charge < -0.3 is 13.9 Å². The van der Waals surface area contributed by atoms with Gasteiger partial charge in [-0.3, -0.25) is 29.0 Å². The van der Waals surface area contributed by atoms with Crippen molar-refractivity contribution in [3.8, 4) is 0 Å². The summed E-state index contributed by atoms with van der Waals surface area (Å²) < 4.78 is 16.5. The fourth-order valence-electron chi connectivity index (χ4n) is 3.20. The molecule has 2 fully saturated rings. The molecule has 0 saturated carbocycles. The third-order valence-electron chi connectivity index (χ3n) is 3.98. The molecule has 9 nitrogen and oxygen atoms in total. The molecule has 3 atom stereocenters. The number of esters is 2. The Morgan fingerprint density at radius 2 is 1.76 bits per heavy atom. The van der Waals surface area contributed by atoms with Crippen molar-refractivity contribution in [2.45, 2.75) is 58.0 Å². The highest BCUT2D eigenvalue weighted by Gasteiger charge is 2.67. The Morgan fingerprint density at radius 3 is 2.24 bits per heavy atom. The Labute approximate surface area is 147 Å². The number of carbonyl (C=O) groups excluding carboxylic acids is 4. The van der Waals surface area contributed by atoms with Crippen LogP contribution in [0.5, 0.6) is 0 Å². The van der Waals surface area contributed by atoms with Crippen molar-refractivity contribution in [3.63, 3.8) is 0 Å². The Bertz CT molecular complexity index is 617. The highest BCUT2D eigenvalue weighted by atomic mass is 28.4. The number of nitrogens with zero attached hydrogens (tertiary/aromatic N) is 2. The van der Waals surface area contributed by atoms with Gasteiger partial charge in [0.2, 0.25) is 0 Å². The van der Waals surface area contributed by atoms with E-state index in [1.807, 2.05) is 19.6 Å². The van der Waals surface area contributed by atoms with Crippen LogP contribution in [0.3, 0.4) is 0 Å².